The van der Waals surface area contributed by atoms with E-state index in [0.717, 1.165) is 11.1 Å². The molecule has 25 heavy (non-hydrogen) atoms. The fraction of sp³-hybridized carbons (Fsp3) is 0.111. The SMILES string of the molecule is C=C(C)CNC(=S)NN=Cc1ccc(OC(=O)c2cccnc2)cc1. The number of aromatic nitrogens is 1. The summed E-state index contributed by atoms with van der Waals surface area (Å²) in [4.78, 5) is 15.8. The molecule has 2 N–H and O–H groups in total. The molecule has 128 valence electrons. The van der Waals surface area contributed by atoms with Crippen LogP contribution >= 0.6 is 12.2 Å². The summed E-state index contributed by atoms with van der Waals surface area (Å²) < 4.78 is 5.27. The van der Waals surface area contributed by atoms with Gasteiger partial charge in [0.2, 0.25) is 0 Å². The van der Waals surface area contributed by atoms with Crippen molar-refractivity contribution in [2.24, 2.45) is 5.10 Å². The van der Waals surface area contributed by atoms with Gasteiger partial charge in [0, 0.05) is 18.9 Å². The van der Waals surface area contributed by atoms with Gasteiger partial charge in [0.25, 0.3) is 0 Å². The van der Waals surface area contributed by atoms with E-state index in [9.17, 15) is 4.79 Å². The summed E-state index contributed by atoms with van der Waals surface area (Å²) in [6, 6.07) is 10.3. The van der Waals surface area contributed by atoms with Gasteiger partial charge in [-0.05, 0) is 61.1 Å². The monoisotopic (exact) mass is 354 g/mol. The molecule has 2 aromatic rings. The topological polar surface area (TPSA) is 75.6 Å². The summed E-state index contributed by atoms with van der Waals surface area (Å²) in [5.41, 5.74) is 4.91. The predicted octanol–water partition coefficient (Wildman–Crippen LogP) is 2.67. The quantitative estimate of drug-likeness (QED) is 0.207. The molecule has 0 unspecified atom stereocenters. The van der Waals surface area contributed by atoms with Gasteiger partial charge >= 0.3 is 5.97 Å². The molecule has 1 aromatic heterocycles. The highest BCUT2D eigenvalue weighted by molar-refractivity contribution is 7.80. The molecule has 0 saturated carbocycles. The Bertz CT molecular complexity index is 773. The molecule has 0 atom stereocenters. The molecular formula is C18H18N4O2S. The molecule has 0 aliphatic heterocycles. The van der Waals surface area contributed by atoms with E-state index in [1.807, 2.05) is 6.92 Å². The molecule has 0 amide bonds. The molecule has 0 bridgehead atoms. The highest BCUT2D eigenvalue weighted by Crippen LogP contribution is 2.13. The largest absolute Gasteiger partial charge is 0.423 e. The van der Waals surface area contributed by atoms with Crippen LogP contribution in [0.2, 0.25) is 0 Å². The van der Waals surface area contributed by atoms with Gasteiger partial charge in [0.05, 0.1) is 11.8 Å². The van der Waals surface area contributed by atoms with Gasteiger partial charge in [-0.15, -0.1) is 0 Å². The molecule has 2 rings (SSSR count). The third-order valence-electron chi connectivity index (χ3n) is 2.92. The van der Waals surface area contributed by atoms with Crippen molar-refractivity contribution < 1.29 is 9.53 Å². The lowest BCUT2D eigenvalue weighted by atomic mass is 10.2. The number of nitrogens with one attached hydrogen (secondary N) is 2. The summed E-state index contributed by atoms with van der Waals surface area (Å²) in [5, 5.41) is 7.41. The third kappa shape index (κ3) is 6.52. The standard InChI is InChI=1S/C18H18N4O2S/c1-13(2)10-20-18(25)22-21-11-14-5-7-16(8-6-14)24-17(23)15-4-3-9-19-12-15/h3-9,11-12H,1,10H2,2H3,(H2,20,22,25). The Hall–Kier alpha value is -3.06. The Kier molecular flexibility index (Phi) is 6.79. The first-order valence-corrected chi connectivity index (χ1v) is 7.89. The Labute approximate surface area is 151 Å². The second kappa shape index (κ2) is 9.29. The molecule has 0 aliphatic carbocycles. The van der Waals surface area contributed by atoms with Crippen molar-refractivity contribution in [2.75, 3.05) is 6.54 Å². The number of thiocarbonyl (C=S) groups is 1. The number of carbonyl (C=O) groups excluding carboxylic acids is 1. The first-order valence-electron chi connectivity index (χ1n) is 7.48. The average molecular weight is 354 g/mol. The van der Waals surface area contributed by atoms with Crippen molar-refractivity contribution in [3.8, 4) is 5.75 Å². The maximum atomic E-state index is 11.9. The van der Waals surface area contributed by atoms with Gasteiger partial charge in [-0.25, -0.2) is 4.79 Å². The van der Waals surface area contributed by atoms with Crippen molar-refractivity contribution >= 4 is 29.5 Å². The van der Waals surface area contributed by atoms with Gasteiger partial charge < -0.3 is 10.1 Å². The third-order valence-corrected chi connectivity index (χ3v) is 3.15. The molecule has 7 heteroatoms. The van der Waals surface area contributed by atoms with Gasteiger partial charge in [-0.1, -0.05) is 12.2 Å². The molecule has 0 spiro atoms. The number of hydrogen-bond acceptors (Lipinski definition) is 5. The fourth-order valence-electron chi connectivity index (χ4n) is 1.71. The average Bonchev–Trinajstić information content (AvgIpc) is 2.62. The predicted molar refractivity (Wildman–Crippen MR) is 102 cm³/mol. The first-order chi connectivity index (χ1) is 12.0. The van der Waals surface area contributed by atoms with E-state index in [2.05, 4.69) is 27.4 Å². The van der Waals surface area contributed by atoms with Crippen LogP contribution in [-0.4, -0.2) is 28.8 Å². The van der Waals surface area contributed by atoms with Crippen LogP contribution in [0.15, 0.2) is 66.0 Å². The highest BCUT2D eigenvalue weighted by atomic mass is 32.1. The molecule has 1 aromatic carbocycles. The van der Waals surface area contributed by atoms with Crippen molar-refractivity contribution in [1.29, 1.82) is 0 Å². The number of hydrazone groups is 1. The Morgan fingerprint density at radius 3 is 2.76 bits per heavy atom. The van der Waals surface area contributed by atoms with Crippen LogP contribution in [0.1, 0.15) is 22.8 Å². The zero-order valence-electron chi connectivity index (χ0n) is 13.7. The van der Waals surface area contributed by atoms with E-state index in [-0.39, 0.29) is 0 Å². The van der Waals surface area contributed by atoms with Crippen molar-refractivity contribution in [1.82, 2.24) is 15.7 Å². The minimum atomic E-state index is -0.454. The Morgan fingerprint density at radius 1 is 1.36 bits per heavy atom. The summed E-state index contributed by atoms with van der Waals surface area (Å²) in [6.07, 6.45) is 4.67. The molecule has 0 radical (unpaired) electrons. The number of carbonyl (C=O) groups is 1. The van der Waals surface area contributed by atoms with E-state index < -0.39 is 5.97 Å². The molecule has 1 heterocycles. The van der Waals surface area contributed by atoms with Crippen LogP contribution in [0.4, 0.5) is 0 Å². The van der Waals surface area contributed by atoms with Crippen LogP contribution in [0.25, 0.3) is 0 Å². The van der Waals surface area contributed by atoms with E-state index in [1.165, 1.54) is 6.20 Å². The fourth-order valence-corrected chi connectivity index (χ4v) is 1.83. The number of rotatable bonds is 6. The summed E-state index contributed by atoms with van der Waals surface area (Å²) in [7, 11) is 0. The molecule has 6 nitrogen and oxygen atoms in total. The summed E-state index contributed by atoms with van der Waals surface area (Å²) in [6.45, 7) is 6.28. The second-order valence-corrected chi connectivity index (χ2v) is 5.62. The zero-order valence-corrected chi connectivity index (χ0v) is 14.5. The minimum Gasteiger partial charge on any atom is -0.423 e. The van der Waals surface area contributed by atoms with Gasteiger partial charge in [-0.2, -0.15) is 5.10 Å². The van der Waals surface area contributed by atoms with Crippen LogP contribution in [0.5, 0.6) is 5.75 Å². The minimum absolute atomic E-state index is 0.396. The van der Waals surface area contributed by atoms with Crippen molar-refractivity contribution in [3.05, 3.63) is 72.1 Å². The summed E-state index contributed by atoms with van der Waals surface area (Å²) >= 11 is 5.06. The van der Waals surface area contributed by atoms with E-state index >= 15 is 0 Å². The van der Waals surface area contributed by atoms with Gasteiger partial charge in [0.15, 0.2) is 5.11 Å². The van der Waals surface area contributed by atoms with Crippen molar-refractivity contribution in [3.63, 3.8) is 0 Å². The lowest BCUT2D eigenvalue weighted by Crippen LogP contribution is -2.32. The number of esters is 1. The van der Waals surface area contributed by atoms with E-state index in [1.54, 1.807) is 48.8 Å². The highest BCUT2D eigenvalue weighted by Gasteiger charge is 2.07. The Balaban J connectivity index is 1.85. The number of pyridine rings is 1. The number of ether oxygens (including phenoxy) is 1. The van der Waals surface area contributed by atoms with Crippen LogP contribution < -0.4 is 15.5 Å². The van der Waals surface area contributed by atoms with Crippen LogP contribution in [-0.2, 0) is 0 Å². The van der Waals surface area contributed by atoms with Crippen LogP contribution in [0, 0.1) is 0 Å². The Morgan fingerprint density at radius 2 is 2.12 bits per heavy atom. The van der Waals surface area contributed by atoms with E-state index in [0.29, 0.717) is 23.0 Å². The number of nitrogens with zero attached hydrogens (tertiary/aromatic N) is 2. The molecule has 0 aliphatic rings. The summed E-state index contributed by atoms with van der Waals surface area (Å²) in [5.74, 6) is -0.0114. The molecule has 0 saturated heterocycles. The van der Waals surface area contributed by atoms with Crippen LogP contribution in [0.3, 0.4) is 0 Å². The second-order valence-electron chi connectivity index (χ2n) is 5.21. The zero-order chi connectivity index (χ0) is 18.1. The maximum Gasteiger partial charge on any atom is 0.345 e. The first kappa shape index (κ1) is 18.3. The smallest absolute Gasteiger partial charge is 0.345 e. The number of hydrogen-bond donors (Lipinski definition) is 2. The number of benzene rings is 1. The lowest BCUT2D eigenvalue weighted by Gasteiger charge is -2.06. The molecule has 0 fully saturated rings. The van der Waals surface area contributed by atoms with E-state index in [4.69, 9.17) is 17.0 Å². The van der Waals surface area contributed by atoms with Crippen molar-refractivity contribution in [2.45, 2.75) is 6.92 Å². The normalized spacial score (nSPS) is 10.3. The van der Waals surface area contributed by atoms with Gasteiger partial charge in [0.1, 0.15) is 5.75 Å². The lowest BCUT2D eigenvalue weighted by molar-refractivity contribution is 0.0734. The maximum absolute atomic E-state index is 11.9. The molecular weight excluding hydrogens is 336 g/mol. The van der Waals surface area contributed by atoms with Gasteiger partial charge in [-0.3, -0.25) is 10.4 Å².